The third-order valence-corrected chi connectivity index (χ3v) is 5.78. The number of benzene rings is 1. The highest BCUT2D eigenvalue weighted by atomic mass is 35.5. The number of hydrogen-bond acceptors (Lipinski definition) is 6. The number of carbonyl (C=O) groups is 1. The number of nitrogens with zero attached hydrogens (tertiary/aromatic N) is 2. The average Bonchev–Trinajstić information content (AvgIpc) is 3.25. The van der Waals surface area contributed by atoms with Crippen molar-refractivity contribution in [1.82, 2.24) is 15.1 Å². The SMILES string of the molecule is COc1cc(CN2CCN(C(=O)CCC3CCNC3)CC2)cc(OC)c1OC.Cl.Cl. The molecule has 30 heavy (non-hydrogen) atoms. The first kappa shape index (κ1) is 26.6. The summed E-state index contributed by atoms with van der Waals surface area (Å²) < 4.78 is 16.3. The number of halogens is 2. The summed E-state index contributed by atoms with van der Waals surface area (Å²) >= 11 is 0. The van der Waals surface area contributed by atoms with Gasteiger partial charge in [-0.25, -0.2) is 0 Å². The zero-order chi connectivity index (χ0) is 19.9. The largest absolute Gasteiger partial charge is 0.493 e. The van der Waals surface area contributed by atoms with Gasteiger partial charge >= 0.3 is 0 Å². The van der Waals surface area contributed by atoms with Gasteiger partial charge in [-0.3, -0.25) is 9.69 Å². The van der Waals surface area contributed by atoms with E-state index >= 15 is 0 Å². The third kappa shape index (κ3) is 6.80. The molecule has 0 spiro atoms. The Hall–Kier alpha value is -1.41. The molecule has 9 heteroatoms. The minimum Gasteiger partial charge on any atom is -0.493 e. The fourth-order valence-corrected chi connectivity index (χ4v) is 4.09. The van der Waals surface area contributed by atoms with E-state index < -0.39 is 0 Å². The first-order valence-electron chi connectivity index (χ1n) is 10.1. The number of carbonyl (C=O) groups excluding carboxylic acids is 1. The van der Waals surface area contributed by atoms with Gasteiger partial charge in [0.15, 0.2) is 11.5 Å². The summed E-state index contributed by atoms with van der Waals surface area (Å²) in [4.78, 5) is 16.9. The van der Waals surface area contributed by atoms with E-state index in [1.807, 2.05) is 17.0 Å². The van der Waals surface area contributed by atoms with E-state index in [9.17, 15) is 4.79 Å². The second kappa shape index (κ2) is 13.1. The van der Waals surface area contributed by atoms with Crippen LogP contribution in [0.2, 0.25) is 0 Å². The van der Waals surface area contributed by atoms with Crippen molar-refractivity contribution in [1.29, 1.82) is 0 Å². The predicted octanol–water partition coefficient (Wildman–Crippen LogP) is 2.59. The van der Waals surface area contributed by atoms with Crippen molar-refractivity contribution in [3.8, 4) is 17.2 Å². The maximum absolute atomic E-state index is 12.5. The summed E-state index contributed by atoms with van der Waals surface area (Å²) in [5.41, 5.74) is 1.11. The number of amides is 1. The summed E-state index contributed by atoms with van der Waals surface area (Å²) in [6.45, 7) is 6.32. The average molecular weight is 464 g/mol. The Morgan fingerprint density at radius 3 is 2.17 bits per heavy atom. The minimum absolute atomic E-state index is 0. The van der Waals surface area contributed by atoms with Gasteiger partial charge in [0, 0.05) is 39.1 Å². The maximum Gasteiger partial charge on any atom is 0.222 e. The van der Waals surface area contributed by atoms with Crippen LogP contribution in [-0.2, 0) is 11.3 Å². The second-order valence-electron chi connectivity index (χ2n) is 7.59. The first-order valence-corrected chi connectivity index (χ1v) is 10.1. The van der Waals surface area contributed by atoms with E-state index in [1.165, 1.54) is 6.42 Å². The summed E-state index contributed by atoms with van der Waals surface area (Å²) in [6.07, 6.45) is 2.90. The zero-order valence-electron chi connectivity index (χ0n) is 18.1. The molecule has 2 saturated heterocycles. The Bertz CT molecular complexity index is 639. The number of methoxy groups -OCH3 is 3. The Balaban J connectivity index is 0.00000225. The fraction of sp³-hybridized carbons (Fsp3) is 0.667. The molecule has 7 nitrogen and oxygen atoms in total. The van der Waals surface area contributed by atoms with E-state index in [1.54, 1.807) is 21.3 Å². The highest BCUT2D eigenvalue weighted by molar-refractivity contribution is 5.85. The topological polar surface area (TPSA) is 63.3 Å². The Labute approximate surface area is 192 Å². The zero-order valence-corrected chi connectivity index (χ0v) is 19.8. The lowest BCUT2D eigenvalue weighted by Crippen LogP contribution is -2.48. The molecule has 0 saturated carbocycles. The van der Waals surface area contributed by atoms with Gasteiger partial charge in [-0.2, -0.15) is 0 Å². The van der Waals surface area contributed by atoms with Crippen LogP contribution in [0.5, 0.6) is 17.2 Å². The third-order valence-electron chi connectivity index (χ3n) is 5.78. The number of rotatable bonds is 8. The minimum atomic E-state index is 0. The molecule has 1 aromatic rings. The number of nitrogens with one attached hydrogen (secondary N) is 1. The molecule has 1 unspecified atom stereocenters. The second-order valence-corrected chi connectivity index (χ2v) is 7.59. The molecule has 2 aliphatic rings. The van der Waals surface area contributed by atoms with Crippen LogP contribution in [0.25, 0.3) is 0 Å². The summed E-state index contributed by atoms with van der Waals surface area (Å²) in [5, 5.41) is 3.37. The van der Waals surface area contributed by atoms with Crippen molar-refractivity contribution in [3.63, 3.8) is 0 Å². The van der Waals surface area contributed by atoms with Crippen molar-refractivity contribution >= 4 is 30.7 Å². The van der Waals surface area contributed by atoms with Gasteiger partial charge in [0.25, 0.3) is 0 Å². The number of piperazine rings is 1. The smallest absolute Gasteiger partial charge is 0.222 e. The van der Waals surface area contributed by atoms with Crippen molar-refractivity contribution < 1.29 is 19.0 Å². The van der Waals surface area contributed by atoms with Crippen molar-refractivity contribution in [2.24, 2.45) is 5.92 Å². The van der Waals surface area contributed by atoms with Crippen LogP contribution in [0.15, 0.2) is 12.1 Å². The van der Waals surface area contributed by atoms with Crippen molar-refractivity contribution in [3.05, 3.63) is 17.7 Å². The maximum atomic E-state index is 12.5. The molecular formula is C21H35Cl2N3O4. The van der Waals surface area contributed by atoms with E-state index in [2.05, 4.69) is 10.2 Å². The molecule has 2 fully saturated rings. The van der Waals surface area contributed by atoms with E-state index in [-0.39, 0.29) is 24.8 Å². The molecule has 2 heterocycles. The van der Waals surface area contributed by atoms with Crippen LogP contribution in [0.4, 0.5) is 0 Å². The standard InChI is InChI=1S/C21H33N3O4.2ClH/c1-26-18-12-17(13-19(27-2)21(18)28-3)15-23-8-10-24(11-9-23)20(25)5-4-16-6-7-22-14-16;;/h12-13,16,22H,4-11,14-15H2,1-3H3;2*1H. The number of ether oxygens (including phenoxy) is 3. The predicted molar refractivity (Wildman–Crippen MR) is 123 cm³/mol. The number of hydrogen-bond donors (Lipinski definition) is 1. The van der Waals surface area contributed by atoms with Gasteiger partial charge in [0.05, 0.1) is 21.3 Å². The molecule has 172 valence electrons. The summed E-state index contributed by atoms with van der Waals surface area (Å²) in [6, 6.07) is 3.99. The summed E-state index contributed by atoms with van der Waals surface area (Å²) in [5.74, 6) is 2.94. The van der Waals surface area contributed by atoms with Crippen LogP contribution >= 0.6 is 24.8 Å². The lowest BCUT2D eigenvalue weighted by molar-refractivity contribution is -0.133. The monoisotopic (exact) mass is 463 g/mol. The normalized spacial score (nSPS) is 18.9. The van der Waals surface area contributed by atoms with Crippen molar-refractivity contribution in [2.75, 3.05) is 60.6 Å². The van der Waals surface area contributed by atoms with Gasteiger partial charge in [-0.1, -0.05) is 0 Å². The molecular weight excluding hydrogens is 429 g/mol. The highest BCUT2D eigenvalue weighted by Gasteiger charge is 2.23. The van der Waals surface area contributed by atoms with E-state index in [0.29, 0.717) is 35.5 Å². The van der Waals surface area contributed by atoms with Crippen molar-refractivity contribution in [2.45, 2.75) is 25.8 Å². The molecule has 1 aromatic carbocycles. The fourth-order valence-electron chi connectivity index (χ4n) is 4.09. The summed E-state index contributed by atoms with van der Waals surface area (Å²) in [7, 11) is 4.87. The van der Waals surface area contributed by atoms with Crippen LogP contribution in [0.3, 0.4) is 0 Å². The van der Waals surface area contributed by atoms with Gasteiger partial charge in [-0.05, 0) is 49.5 Å². The molecule has 0 aromatic heterocycles. The van der Waals surface area contributed by atoms with Crippen LogP contribution in [0, 0.1) is 5.92 Å². The molecule has 2 aliphatic heterocycles. The first-order chi connectivity index (χ1) is 13.6. The van der Waals surface area contributed by atoms with Gasteiger partial charge in [0.2, 0.25) is 11.7 Å². The van der Waals surface area contributed by atoms with E-state index in [0.717, 1.165) is 57.8 Å². The van der Waals surface area contributed by atoms with Gasteiger partial charge < -0.3 is 24.4 Å². The highest BCUT2D eigenvalue weighted by Crippen LogP contribution is 2.38. The Morgan fingerprint density at radius 1 is 1.03 bits per heavy atom. The van der Waals surface area contributed by atoms with Crippen LogP contribution < -0.4 is 19.5 Å². The molecule has 1 amide bonds. The Kier molecular flexibility index (Phi) is 11.6. The molecule has 1 N–H and O–H groups in total. The van der Waals surface area contributed by atoms with Gasteiger partial charge in [0.1, 0.15) is 0 Å². The Morgan fingerprint density at radius 2 is 1.67 bits per heavy atom. The van der Waals surface area contributed by atoms with Gasteiger partial charge in [-0.15, -0.1) is 24.8 Å². The quantitative estimate of drug-likeness (QED) is 0.638. The lowest BCUT2D eigenvalue weighted by atomic mass is 10.0. The van der Waals surface area contributed by atoms with Crippen LogP contribution in [-0.4, -0.2) is 76.3 Å². The molecule has 0 radical (unpaired) electrons. The molecule has 0 aliphatic carbocycles. The molecule has 0 bridgehead atoms. The molecule has 3 rings (SSSR count). The molecule has 1 atom stereocenters. The van der Waals surface area contributed by atoms with E-state index in [4.69, 9.17) is 14.2 Å². The lowest BCUT2D eigenvalue weighted by Gasteiger charge is -2.35. The van der Waals surface area contributed by atoms with Crippen LogP contribution in [0.1, 0.15) is 24.8 Å².